The normalized spacial score (nSPS) is 13.2. The van der Waals surface area contributed by atoms with Crippen molar-refractivity contribution in [1.29, 1.82) is 0 Å². The molecule has 0 saturated carbocycles. The van der Waals surface area contributed by atoms with Crippen LogP contribution in [0.4, 0.5) is 0 Å². The molecular weight excluding hydrogens is 430 g/mol. The van der Waals surface area contributed by atoms with Crippen molar-refractivity contribution in [2.24, 2.45) is 5.73 Å². The number of benzene rings is 1. The average molecular weight is 476 g/mol. The Kier molecular flexibility index (Phi) is 13.6. The average Bonchev–Trinajstić information content (AvgIpc) is 2.79. The van der Waals surface area contributed by atoms with Crippen molar-refractivity contribution in [2.75, 3.05) is 47.8 Å². The van der Waals surface area contributed by atoms with Crippen LogP contribution in [0, 0.1) is 0 Å². The lowest BCUT2D eigenvalue weighted by Crippen LogP contribution is -2.53. The van der Waals surface area contributed by atoms with Crippen LogP contribution < -0.4 is 11.1 Å². The van der Waals surface area contributed by atoms with Gasteiger partial charge in [-0.2, -0.15) is 0 Å². The molecule has 0 fully saturated rings. The number of hydrogen-bond donors (Lipinski definition) is 2. The molecule has 1 aromatic rings. The molecule has 0 spiro atoms. The van der Waals surface area contributed by atoms with E-state index < -0.39 is 11.9 Å². The number of nitrogens with two attached hydrogens (primary N) is 1. The van der Waals surface area contributed by atoms with Gasteiger partial charge in [0.1, 0.15) is 0 Å². The second-order valence-corrected chi connectivity index (χ2v) is 9.31. The van der Waals surface area contributed by atoms with Gasteiger partial charge in [0.2, 0.25) is 11.8 Å². The summed E-state index contributed by atoms with van der Waals surface area (Å²) in [6, 6.07) is 6.31. The Bertz CT molecular complexity index is 764. The third-order valence-electron chi connectivity index (χ3n) is 6.12. The van der Waals surface area contributed by atoms with Gasteiger partial charge in [-0.25, -0.2) is 0 Å². The van der Waals surface area contributed by atoms with Crippen LogP contribution in [0.5, 0.6) is 0 Å². The monoisotopic (exact) mass is 475 g/mol. The van der Waals surface area contributed by atoms with Crippen molar-refractivity contribution in [3.8, 4) is 0 Å². The zero-order valence-electron chi connectivity index (χ0n) is 22.0. The highest BCUT2D eigenvalue weighted by molar-refractivity contribution is 5.93. The first-order chi connectivity index (χ1) is 16.1. The zero-order valence-corrected chi connectivity index (χ0v) is 22.0. The number of unbranched alkanes of at least 4 members (excludes halogenated alkanes) is 2. The molecule has 0 bridgehead atoms. The predicted octanol–water partition coefficient (Wildman–Crippen LogP) is 2.12. The Labute approximate surface area is 205 Å². The fraction of sp³-hybridized carbons (Fsp3) is 0.654. The summed E-state index contributed by atoms with van der Waals surface area (Å²) in [4.78, 5) is 43.6. The van der Waals surface area contributed by atoms with Crippen molar-refractivity contribution in [1.82, 2.24) is 20.0 Å². The van der Waals surface area contributed by atoms with Gasteiger partial charge >= 0.3 is 0 Å². The van der Waals surface area contributed by atoms with Gasteiger partial charge in [-0.1, -0.05) is 31.9 Å². The minimum absolute atomic E-state index is 0.00921. The summed E-state index contributed by atoms with van der Waals surface area (Å²) in [5, 5.41) is 3.17. The first-order valence-corrected chi connectivity index (χ1v) is 12.4. The first kappa shape index (κ1) is 29.7. The van der Waals surface area contributed by atoms with Gasteiger partial charge in [-0.15, -0.1) is 0 Å². The number of likely N-dealkylation sites (N-methyl/N-ethyl adjacent to an activating group) is 2. The van der Waals surface area contributed by atoms with E-state index in [1.54, 1.807) is 17.0 Å². The number of primary amides is 1. The molecule has 3 N–H and O–H groups in total. The number of nitrogens with zero attached hydrogens (tertiary/aromatic N) is 3. The molecule has 192 valence electrons. The fourth-order valence-corrected chi connectivity index (χ4v) is 4.12. The Morgan fingerprint density at radius 2 is 1.59 bits per heavy atom. The third-order valence-corrected chi connectivity index (χ3v) is 6.12. The molecule has 0 aromatic heterocycles. The SMILES string of the molecule is CC[C@@H](C(=O)CNCc1ccc(C(N)=O)cc1)N(CC)C(=O)[C@@H](CCCCCN(C)C)N(C)C. The maximum Gasteiger partial charge on any atom is 0.248 e. The molecule has 0 saturated heterocycles. The molecule has 0 aliphatic heterocycles. The number of hydrogen-bond acceptors (Lipinski definition) is 6. The van der Waals surface area contributed by atoms with Crippen LogP contribution in [0.15, 0.2) is 24.3 Å². The highest BCUT2D eigenvalue weighted by atomic mass is 16.2. The molecule has 8 nitrogen and oxygen atoms in total. The van der Waals surface area contributed by atoms with Gasteiger partial charge in [-0.3, -0.25) is 19.3 Å². The number of nitrogens with one attached hydrogen (secondary N) is 1. The lowest BCUT2D eigenvalue weighted by atomic mass is 10.0. The summed E-state index contributed by atoms with van der Waals surface area (Å²) in [6.45, 7) is 6.11. The van der Waals surface area contributed by atoms with E-state index in [2.05, 4.69) is 24.3 Å². The van der Waals surface area contributed by atoms with Crippen LogP contribution in [0.2, 0.25) is 0 Å². The molecular formula is C26H45N5O3. The van der Waals surface area contributed by atoms with Crippen molar-refractivity contribution in [2.45, 2.75) is 64.6 Å². The zero-order chi connectivity index (χ0) is 25.7. The highest BCUT2D eigenvalue weighted by Crippen LogP contribution is 2.15. The lowest BCUT2D eigenvalue weighted by molar-refractivity contribution is -0.143. The van der Waals surface area contributed by atoms with E-state index in [9.17, 15) is 14.4 Å². The van der Waals surface area contributed by atoms with E-state index in [-0.39, 0.29) is 24.3 Å². The number of rotatable bonds is 17. The van der Waals surface area contributed by atoms with E-state index in [0.717, 1.165) is 37.8 Å². The van der Waals surface area contributed by atoms with E-state index in [0.29, 0.717) is 25.1 Å². The van der Waals surface area contributed by atoms with Crippen LogP contribution in [-0.4, -0.2) is 92.2 Å². The summed E-state index contributed by atoms with van der Waals surface area (Å²) in [5.41, 5.74) is 6.68. The Balaban J connectivity index is 2.69. The molecule has 1 aromatic carbocycles. The topological polar surface area (TPSA) is 99.0 Å². The molecule has 0 unspecified atom stereocenters. The molecule has 34 heavy (non-hydrogen) atoms. The number of ketones is 1. The summed E-state index contributed by atoms with van der Waals surface area (Å²) in [5.74, 6) is -0.424. The van der Waals surface area contributed by atoms with Crippen LogP contribution >= 0.6 is 0 Å². The number of amides is 2. The van der Waals surface area contributed by atoms with Crippen LogP contribution in [0.25, 0.3) is 0 Å². The number of carbonyl (C=O) groups excluding carboxylic acids is 3. The number of carbonyl (C=O) groups is 3. The minimum atomic E-state index is -0.464. The summed E-state index contributed by atoms with van der Waals surface area (Å²) < 4.78 is 0. The van der Waals surface area contributed by atoms with Gasteiger partial charge < -0.3 is 20.9 Å². The van der Waals surface area contributed by atoms with Crippen LogP contribution in [0.3, 0.4) is 0 Å². The van der Waals surface area contributed by atoms with E-state index >= 15 is 0 Å². The molecule has 1 rings (SSSR count). The molecule has 0 aliphatic carbocycles. The van der Waals surface area contributed by atoms with Crippen LogP contribution in [-0.2, 0) is 16.1 Å². The van der Waals surface area contributed by atoms with Crippen molar-refractivity contribution in [3.05, 3.63) is 35.4 Å². The smallest absolute Gasteiger partial charge is 0.248 e. The predicted molar refractivity (Wildman–Crippen MR) is 138 cm³/mol. The van der Waals surface area contributed by atoms with Crippen LogP contribution in [0.1, 0.15) is 61.9 Å². The van der Waals surface area contributed by atoms with Crippen molar-refractivity contribution < 1.29 is 14.4 Å². The summed E-state index contributed by atoms with van der Waals surface area (Å²) in [7, 11) is 8.01. The Morgan fingerprint density at radius 3 is 2.09 bits per heavy atom. The molecule has 2 atom stereocenters. The molecule has 0 heterocycles. The molecule has 0 aliphatic rings. The lowest BCUT2D eigenvalue weighted by Gasteiger charge is -2.34. The van der Waals surface area contributed by atoms with Gasteiger partial charge in [-0.05, 0) is 78.6 Å². The molecule has 0 radical (unpaired) electrons. The van der Waals surface area contributed by atoms with Gasteiger partial charge in [0, 0.05) is 18.7 Å². The summed E-state index contributed by atoms with van der Waals surface area (Å²) in [6.07, 6.45) is 4.56. The maximum absolute atomic E-state index is 13.4. The van der Waals surface area contributed by atoms with Gasteiger partial charge in [0.05, 0.1) is 18.6 Å². The minimum Gasteiger partial charge on any atom is -0.366 e. The summed E-state index contributed by atoms with van der Waals surface area (Å²) >= 11 is 0. The van der Waals surface area contributed by atoms with E-state index in [1.165, 1.54) is 0 Å². The van der Waals surface area contributed by atoms with Crippen molar-refractivity contribution in [3.63, 3.8) is 0 Å². The largest absolute Gasteiger partial charge is 0.366 e. The maximum atomic E-state index is 13.4. The molecule has 2 amide bonds. The Morgan fingerprint density at radius 1 is 0.941 bits per heavy atom. The highest BCUT2D eigenvalue weighted by Gasteiger charge is 2.32. The Hall–Kier alpha value is -2.29. The van der Waals surface area contributed by atoms with Crippen molar-refractivity contribution >= 4 is 17.6 Å². The fourth-order valence-electron chi connectivity index (χ4n) is 4.12. The standard InChI is InChI=1S/C26H45N5O3/c1-7-22(24(32)19-28-18-20-13-15-21(16-14-20)25(27)33)31(8-2)26(34)23(30(5)6)12-10-9-11-17-29(3)4/h13-16,22-23,28H,7-12,17-19H2,1-6H3,(H2,27,33)/t22-,23+/m0/s1. The van der Waals surface area contributed by atoms with E-state index in [4.69, 9.17) is 5.73 Å². The first-order valence-electron chi connectivity index (χ1n) is 12.4. The third kappa shape index (κ3) is 9.91. The molecule has 8 heteroatoms. The quantitative estimate of drug-likeness (QED) is 0.335. The van der Waals surface area contributed by atoms with Gasteiger partial charge in [0.25, 0.3) is 0 Å². The second-order valence-electron chi connectivity index (χ2n) is 9.31. The second kappa shape index (κ2) is 15.6. The van der Waals surface area contributed by atoms with Gasteiger partial charge in [0.15, 0.2) is 5.78 Å². The number of Topliss-reactive ketones (excluding diaryl/α,β-unsaturated/α-hetero) is 1. The van der Waals surface area contributed by atoms with E-state index in [1.807, 2.05) is 45.0 Å².